The van der Waals surface area contributed by atoms with Crippen molar-refractivity contribution in [2.75, 3.05) is 13.2 Å². The third-order valence-corrected chi connectivity index (χ3v) is 4.67. The van der Waals surface area contributed by atoms with E-state index in [0.717, 1.165) is 0 Å². The van der Waals surface area contributed by atoms with Crippen LogP contribution in [0.2, 0.25) is 5.02 Å². The fourth-order valence-corrected chi connectivity index (χ4v) is 3.27. The zero-order chi connectivity index (χ0) is 15.5. The molecule has 114 valence electrons. The van der Waals surface area contributed by atoms with Crippen LogP contribution in [0, 0.1) is 13.8 Å². The van der Waals surface area contributed by atoms with E-state index in [9.17, 15) is 8.42 Å². The van der Waals surface area contributed by atoms with Crippen LogP contribution in [0.25, 0.3) is 0 Å². The summed E-state index contributed by atoms with van der Waals surface area (Å²) >= 11 is 5.76. The first-order valence-electron chi connectivity index (χ1n) is 6.21. The molecule has 1 aromatic carbocycles. The van der Waals surface area contributed by atoms with Crippen molar-refractivity contribution < 1.29 is 17.7 Å². The number of benzene rings is 1. The summed E-state index contributed by atoms with van der Waals surface area (Å²) in [5.41, 5.74) is 0.332. The summed E-state index contributed by atoms with van der Waals surface area (Å²) in [5, 5.41) is 4.24. The molecule has 0 unspecified atom stereocenters. The van der Waals surface area contributed by atoms with Crippen LogP contribution < -0.4 is 9.46 Å². The van der Waals surface area contributed by atoms with Crippen LogP contribution >= 0.6 is 11.6 Å². The van der Waals surface area contributed by atoms with Crippen LogP contribution in [0.15, 0.2) is 33.7 Å². The lowest BCUT2D eigenvalue weighted by molar-refractivity contribution is 0.323. The highest BCUT2D eigenvalue weighted by atomic mass is 35.5. The largest absolute Gasteiger partial charge is 0.492 e. The van der Waals surface area contributed by atoms with Gasteiger partial charge in [0.25, 0.3) is 0 Å². The zero-order valence-corrected chi connectivity index (χ0v) is 13.2. The lowest BCUT2D eigenvalue weighted by Crippen LogP contribution is -2.29. The first-order valence-corrected chi connectivity index (χ1v) is 8.07. The fourth-order valence-electron chi connectivity index (χ4n) is 1.81. The van der Waals surface area contributed by atoms with Crippen molar-refractivity contribution in [3.63, 3.8) is 0 Å². The maximum absolute atomic E-state index is 12.1. The number of aromatic nitrogens is 1. The van der Waals surface area contributed by atoms with Gasteiger partial charge in [0.2, 0.25) is 10.0 Å². The molecule has 0 aliphatic rings. The fraction of sp³-hybridized carbons (Fsp3) is 0.308. The molecular weight excluding hydrogens is 316 g/mol. The number of halogens is 1. The van der Waals surface area contributed by atoms with Crippen molar-refractivity contribution in [1.82, 2.24) is 9.88 Å². The molecule has 2 rings (SSSR count). The second-order valence-corrected chi connectivity index (χ2v) is 6.49. The Kier molecular flexibility index (Phi) is 4.87. The lowest BCUT2D eigenvalue weighted by atomic mass is 10.3. The molecule has 0 bridgehead atoms. The molecule has 1 heterocycles. The van der Waals surface area contributed by atoms with E-state index in [1.54, 1.807) is 38.1 Å². The molecule has 1 N–H and O–H groups in total. The maximum atomic E-state index is 12.1. The number of aryl methyl sites for hydroxylation is 2. The second kappa shape index (κ2) is 6.46. The smallest absolute Gasteiger partial charge is 0.246 e. The number of nitrogens with zero attached hydrogens (tertiary/aromatic N) is 1. The number of hydrogen-bond acceptors (Lipinski definition) is 5. The van der Waals surface area contributed by atoms with Crippen molar-refractivity contribution in [3.8, 4) is 5.75 Å². The predicted octanol–water partition coefficient (Wildman–Crippen LogP) is 2.30. The minimum atomic E-state index is -3.65. The Morgan fingerprint density at radius 3 is 2.52 bits per heavy atom. The van der Waals surface area contributed by atoms with Crippen molar-refractivity contribution >= 4 is 21.6 Å². The van der Waals surface area contributed by atoms with Gasteiger partial charge in [0.05, 0.1) is 0 Å². The Morgan fingerprint density at radius 2 is 1.95 bits per heavy atom. The predicted molar refractivity (Wildman–Crippen MR) is 78.1 cm³/mol. The summed E-state index contributed by atoms with van der Waals surface area (Å²) in [4.78, 5) is 0.0778. The van der Waals surface area contributed by atoms with Crippen LogP contribution in [0.4, 0.5) is 0 Å². The van der Waals surface area contributed by atoms with E-state index in [4.69, 9.17) is 20.9 Å². The normalized spacial score (nSPS) is 11.6. The van der Waals surface area contributed by atoms with Gasteiger partial charge < -0.3 is 9.26 Å². The summed E-state index contributed by atoms with van der Waals surface area (Å²) in [6.07, 6.45) is 0. The quantitative estimate of drug-likeness (QED) is 0.822. The van der Waals surface area contributed by atoms with Crippen molar-refractivity contribution in [2.45, 2.75) is 18.7 Å². The van der Waals surface area contributed by atoms with E-state index in [0.29, 0.717) is 16.5 Å². The van der Waals surface area contributed by atoms with Gasteiger partial charge in [-0.2, -0.15) is 0 Å². The Hall–Kier alpha value is -1.57. The molecule has 2 aromatic rings. The standard InChI is InChI=1S/C13H15ClN2O4S/c1-9-13(10(2)20-16-9)21(17,18)15-7-8-19-12-5-3-11(14)4-6-12/h3-6,15H,7-8H2,1-2H3. The molecule has 1 aromatic heterocycles. The highest BCUT2D eigenvalue weighted by Gasteiger charge is 2.23. The van der Waals surface area contributed by atoms with Gasteiger partial charge in [0.1, 0.15) is 22.9 Å². The molecular formula is C13H15ClN2O4S. The topological polar surface area (TPSA) is 81.4 Å². The molecule has 0 spiro atoms. The molecule has 0 amide bonds. The van der Waals surface area contributed by atoms with Crippen molar-refractivity contribution in [1.29, 1.82) is 0 Å². The van der Waals surface area contributed by atoms with Gasteiger partial charge in [0.15, 0.2) is 5.76 Å². The summed E-state index contributed by atoms with van der Waals surface area (Å²) in [6, 6.07) is 6.83. The van der Waals surface area contributed by atoms with Crippen LogP contribution in [0.3, 0.4) is 0 Å². The number of rotatable bonds is 6. The Morgan fingerprint density at radius 1 is 1.29 bits per heavy atom. The highest BCUT2D eigenvalue weighted by molar-refractivity contribution is 7.89. The molecule has 0 atom stereocenters. The summed E-state index contributed by atoms with van der Waals surface area (Å²) in [5.74, 6) is 0.884. The van der Waals surface area contributed by atoms with Crippen LogP contribution in [0.1, 0.15) is 11.5 Å². The highest BCUT2D eigenvalue weighted by Crippen LogP contribution is 2.18. The minimum Gasteiger partial charge on any atom is -0.492 e. The molecule has 0 saturated heterocycles. The van der Waals surface area contributed by atoms with Crippen LogP contribution in [0.5, 0.6) is 5.75 Å². The van der Waals surface area contributed by atoms with Gasteiger partial charge in [-0.05, 0) is 38.1 Å². The third-order valence-electron chi connectivity index (χ3n) is 2.71. The van der Waals surface area contributed by atoms with Crippen LogP contribution in [-0.2, 0) is 10.0 Å². The van der Waals surface area contributed by atoms with E-state index in [2.05, 4.69) is 9.88 Å². The number of nitrogens with one attached hydrogen (secondary N) is 1. The molecule has 0 aliphatic carbocycles. The van der Waals surface area contributed by atoms with E-state index >= 15 is 0 Å². The number of hydrogen-bond donors (Lipinski definition) is 1. The van der Waals surface area contributed by atoms with Gasteiger partial charge in [0, 0.05) is 11.6 Å². The molecule has 21 heavy (non-hydrogen) atoms. The first kappa shape index (κ1) is 15.8. The summed E-state index contributed by atoms with van der Waals surface area (Å²) in [6.45, 7) is 3.47. The lowest BCUT2D eigenvalue weighted by Gasteiger charge is -2.08. The summed E-state index contributed by atoms with van der Waals surface area (Å²) in [7, 11) is -3.65. The third kappa shape index (κ3) is 3.96. The van der Waals surface area contributed by atoms with E-state index < -0.39 is 10.0 Å². The van der Waals surface area contributed by atoms with Gasteiger partial charge in [-0.3, -0.25) is 0 Å². The summed E-state index contributed by atoms with van der Waals surface area (Å²) < 4.78 is 36.9. The van der Waals surface area contributed by atoms with Gasteiger partial charge in [-0.15, -0.1) is 0 Å². The molecule has 0 fully saturated rings. The zero-order valence-electron chi connectivity index (χ0n) is 11.6. The van der Waals surface area contributed by atoms with E-state index in [1.165, 1.54) is 0 Å². The van der Waals surface area contributed by atoms with Crippen LogP contribution in [-0.4, -0.2) is 26.7 Å². The minimum absolute atomic E-state index is 0.0778. The van der Waals surface area contributed by atoms with Gasteiger partial charge in [-0.25, -0.2) is 13.1 Å². The monoisotopic (exact) mass is 330 g/mol. The average Bonchev–Trinajstić information content (AvgIpc) is 2.77. The first-order chi connectivity index (χ1) is 9.90. The second-order valence-electron chi connectivity index (χ2n) is 4.35. The van der Waals surface area contributed by atoms with Gasteiger partial charge in [-0.1, -0.05) is 16.8 Å². The SMILES string of the molecule is Cc1noc(C)c1S(=O)(=O)NCCOc1ccc(Cl)cc1. The van der Waals surface area contributed by atoms with E-state index in [-0.39, 0.29) is 23.8 Å². The molecule has 8 heteroatoms. The Bertz CT molecular complexity index is 691. The van der Waals surface area contributed by atoms with Crippen molar-refractivity contribution in [2.24, 2.45) is 0 Å². The van der Waals surface area contributed by atoms with E-state index in [1.807, 2.05) is 0 Å². The number of ether oxygens (including phenoxy) is 1. The molecule has 6 nitrogen and oxygen atoms in total. The Labute approximate surface area is 128 Å². The molecule has 0 aliphatic heterocycles. The maximum Gasteiger partial charge on any atom is 0.246 e. The molecule has 0 radical (unpaired) electrons. The molecule has 0 saturated carbocycles. The average molecular weight is 331 g/mol. The number of sulfonamides is 1. The Balaban J connectivity index is 1.90. The van der Waals surface area contributed by atoms with Gasteiger partial charge >= 0.3 is 0 Å². The van der Waals surface area contributed by atoms with Crippen molar-refractivity contribution in [3.05, 3.63) is 40.7 Å².